The number of nitrogens with zero attached hydrogens (tertiary/aromatic N) is 1. The van der Waals surface area contributed by atoms with Gasteiger partial charge in [0.05, 0.1) is 6.20 Å². The van der Waals surface area contributed by atoms with Gasteiger partial charge < -0.3 is 0 Å². The molecule has 0 N–H and O–H groups in total. The van der Waals surface area contributed by atoms with E-state index in [1.807, 2.05) is 30.3 Å². The second-order valence-electron chi connectivity index (χ2n) is 3.56. The monoisotopic (exact) mass is 213 g/mol. The highest BCUT2D eigenvalue weighted by Crippen LogP contribution is 2.25. The minimum absolute atomic E-state index is 0.00981. The van der Waals surface area contributed by atoms with Crippen molar-refractivity contribution < 1.29 is 4.39 Å². The number of halogens is 1. The fourth-order valence-corrected chi connectivity index (χ4v) is 1.72. The van der Waals surface area contributed by atoms with Crippen molar-refractivity contribution in [2.45, 2.75) is 5.92 Å². The first-order valence-corrected chi connectivity index (χ1v) is 5.09. The van der Waals surface area contributed by atoms with Crippen LogP contribution < -0.4 is 0 Å². The van der Waals surface area contributed by atoms with Crippen LogP contribution >= 0.6 is 0 Å². The lowest BCUT2D eigenvalue weighted by molar-refractivity contribution is 0.618. The molecule has 0 fully saturated rings. The highest BCUT2D eigenvalue weighted by atomic mass is 19.1. The summed E-state index contributed by atoms with van der Waals surface area (Å²) in [6.45, 7) is 3.79. The predicted molar refractivity (Wildman–Crippen MR) is 62.7 cm³/mol. The summed E-state index contributed by atoms with van der Waals surface area (Å²) >= 11 is 0. The third-order valence-corrected chi connectivity index (χ3v) is 2.48. The Balaban J connectivity index is 2.41. The fraction of sp³-hybridized carbons (Fsp3) is 0.0714. The summed E-state index contributed by atoms with van der Waals surface area (Å²) in [4.78, 5) is 3.86. The summed E-state index contributed by atoms with van der Waals surface area (Å²) in [6.07, 6.45) is 4.67. The lowest BCUT2D eigenvalue weighted by Crippen LogP contribution is -1.98. The molecule has 0 aliphatic rings. The first-order chi connectivity index (χ1) is 7.81. The average molecular weight is 213 g/mol. The average Bonchev–Trinajstić information content (AvgIpc) is 2.31. The van der Waals surface area contributed by atoms with E-state index < -0.39 is 0 Å². The summed E-state index contributed by atoms with van der Waals surface area (Å²) in [5.41, 5.74) is 1.91. The van der Waals surface area contributed by atoms with Gasteiger partial charge in [0.1, 0.15) is 5.82 Å². The number of allylic oxidation sites excluding steroid dienone is 1. The molecule has 1 aromatic carbocycles. The van der Waals surface area contributed by atoms with Gasteiger partial charge in [0, 0.05) is 12.1 Å². The third kappa shape index (κ3) is 2.16. The Morgan fingerprint density at radius 2 is 1.88 bits per heavy atom. The molecule has 16 heavy (non-hydrogen) atoms. The van der Waals surface area contributed by atoms with E-state index in [9.17, 15) is 4.39 Å². The molecule has 0 aliphatic carbocycles. The molecule has 1 atom stereocenters. The number of rotatable bonds is 3. The molecule has 0 radical (unpaired) electrons. The summed E-state index contributed by atoms with van der Waals surface area (Å²) < 4.78 is 13.1. The van der Waals surface area contributed by atoms with E-state index in [1.165, 1.54) is 12.3 Å². The Bertz CT molecular complexity index is 479. The van der Waals surface area contributed by atoms with Gasteiger partial charge in [0.2, 0.25) is 0 Å². The molecule has 1 heterocycles. The second kappa shape index (κ2) is 4.71. The minimum Gasteiger partial charge on any atom is -0.261 e. The van der Waals surface area contributed by atoms with Crippen molar-refractivity contribution in [1.82, 2.24) is 4.98 Å². The van der Waals surface area contributed by atoms with Crippen LogP contribution in [0.3, 0.4) is 0 Å². The normalized spacial score (nSPS) is 12.1. The van der Waals surface area contributed by atoms with Crippen LogP contribution in [0.1, 0.15) is 17.0 Å². The molecule has 0 saturated carbocycles. The van der Waals surface area contributed by atoms with E-state index in [-0.39, 0.29) is 11.7 Å². The standard InChI is InChI=1S/C14H12FN/c1-2-14(11-6-4-3-5-7-11)12-8-13(15)10-16-9-12/h2-10,14H,1H2. The summed E-state index contributed by atoms with van der Waals surface area (Å²) in [7, 11) is 0. The van der Waals surface area contributed by atoms with E-state index in [2.05, 4.69) is 11.6 Å². The van der Waals surface area contributed by atoms with Crippen LogP contribution in [0, 0.1) is 5.82 Å². The van der Waals surface area contributed by atoms with Crippen molar-refractivity contribution in [3.8, 4) is 0 Å². The number of hydrogen-bond acceptors (Lipinski definition) is 1. The number of hydrogen-bond donors (Lipinski definition) is 0. The third-order valence-electron chi connectivity index (χ3n) is 2.48. The molecule has 1 aromatic heterocycles. The summed E-state index contributed by atoms with van der Waals surface area (Å²) in [5, 5.41) is 0. The molecular formula is C14H12FN. The minimum atomic E-state index is -0.319. The molecule has 0 aliphatic heterocycles. The highest BCUT2D eigenvalue weighted by Gasteiger charge is 2.10. The lowest BCUT2D eigenvalue weighted by Gasteiger charge is -2.12. The van der Waals surface area contributed by atoms with Crippen molar-refractivity contribution in [1.29, 1.82) is 0 Å². The van der Waals surface area contributed by atoms with E-state index in [4.69, 9.17) is 0 Å². The second-order valence-corrected chi connectivity index (χ2v) is 3.56. The molecule has 2 aromatic rings. The molecule has 0 spiro atoms. The Hall–Kier alpha value is -1.96. The fourth-order valence-electron chi connectivity index (χ4n) is 1.72. The van der Waals surface area contributed by atoms with E-state index in [0.717, 1.165) is 11.1 Å². The molecule has 0 amide bonds. The topological polar surface area (TPSA) is 12.9 Å². The van der Waals surface area contributed by atoms with Gasteiger partial charge in [-0.3, -0.25) is 4.98 Å². The zero-order chi connectivity index (χ0) is 11.4. The van der Waals surface area contributed by atoms with Crippen LogP contribution in [0.15, 0.2) is 61.4 Å². The highest BCUT2D eigenvalue weighted by molar-refractivity contribution is 5.34. The van der Waals surface area contributed by atoms with Gasteiger partial charge in [0.25, 0.3) is 0 Å². The van der Waals surface area contributed by atoms with Crippen molar-refractivity contribution in [3.63, 3.8) is 0 Å². The molecule has 1 nitrogen and oxygen atoms in total. The smallest absolute Gasteiger partial charge is 0.141 e. The van der Waals surface area contributed by atoms with E-state index >= 15 is 0 Å². The molecule has 0 bridgehead atoms. The summed E-state index contributed by atoms with van der Waals surface area (Å²) in [6, 6.07) is 11.4. The van der Waals surface area contributed by atoms with Crippen LogP contribution in [-0.4, -0.2) is 4.98 Å². The first kappa shape index (κ1) is 10.6. The number of aromatic nitrogens is 1. The maximum Gasteiger partial charge on any atom is 0.141 e. The largest absolute Gasteiger partial charge is 0.261 e. The van der Waals surface area contributed by atoms with Gasteiger partial charge in [-0.05, 0) is 17.2 Å². The van der Waals surface area contributed by atoms with Gasteiger partial charge in [0.15, 0.2) is 0 Å². The molecular weight excluding hydrogens is 201 g/mol. The van der Waals surface area contributed by atoms with Gasteiger partial charge in [-0.2, -0.15) is 0 Å². The quantitative estimate of drug-likeness (QED) is 0.711. The van der Waals surface area contributed by atoms with Crippen LogP contribution in [0.2, 0.25) is 0 Å². The van der Waals surface area contributed by atoms with Crippen molar-refractivity contribution in [3.05, 3.63) is 78.4 Å². The molecule has 0 saturated heterocycles. The van der Waals surface area contributed by atoms with Gasteiger partial charge in [-0.25, -0.2) is 4.39 Å². The molecule has 2 rings (SSSR count). The maximum absolute atomic E-state index is 13.1. The Morgan fingerprint density at radius 1 is 1.12 bits per heavy atom. The van der Waals surface area contributed by atoms with E-state index in [0.29, 0.717) is 0 Å². The van der Waals surface area contributed by atoms with Gasteiger partial charge in [-0.15, -0.1) is 6.58 Å². The molecule has 80 valence electrons. The Labute approximate surface area is 94.3 Å². The first-order valence-electron chi connectivity index (χ1n) is 5.09. The van der Waals surface area contributed by atoms with Crippen molar-refractivity contribution in [2.24, 2.45) is 0 Å². The van der Waals surface area contributed by atoms with Gasteiger partial charge >= 0.3 is 0 Å². The SMILES string of the molecule is C=CC(c1ccccc1)c1cncc(F)c1. The zero-order valence-electron chi connectivity index (χ0n) is 8.81. The number of benzene rings is 1. The Morgan fingerprint density at radius 3 is 2.50 bits per heavy atom. The Kier molecular flexibility index (Phi) is 3.10. The van der Waals surface area contributed by atoms with E-state index in [1.54, 1.807) is 12.3 Å². The van der Waals surface area contributed by atoms with Crippen molar-refractivity contribution >= 4 is 0 Å². The molecule has 1 unspecified atom stereocenters. The lowest BCUT2D eigenvalue weighted by atomic mass is 9.93. The van der Waals surface area contributed by atoms with Crippen molar-refractivity contribution in [2.75, 3.05) is 0 Å². The van der Waals surface area contributed by atoms with Crippen LogP contribution in [0.25, 0.3) is 0 Å². The zero-order valence-corrected chi connectivity index (χ0v) is 8.81. The summed E-state index contributed by atoms with van der Waals surface area (Å²) in [5.74, 6) is -0.329. The molecule has 2 heteroatoms. The number of pyridine rings is 1. The predicted octanol–water partition coefficient (Wildman–Crippen LogP) is 3.54. The van der Waals surface area contributed by atoms with Gasteiger partial charge in [-0.1, -0.05) is 36.4 Å². The van der Waals surface area contributed by atoms with Crippen LogP contribution in [0.4, 0.5) is 4.39 Å². The maximum atomic E-state index is 13.1. The van der Waals surface area contributed by atoms with Crippen LogP contribution in [-0.2, 0) is 0 Å². The van der Waals surface area contributed by atoms with Crippen LogP contribution in [0.5, 0.6) is 0 Å².